The summed E-state index contributed by atoms with van der Waals surface area (Å²) >= 11 is 0. The Balaban J connectivity index is 1.51. The molecule has 4 aromatic carbocycles. The van der Waals surface area contributed by atoms with Gasteiger partial charge in [0.25, 0.3) is 0 Å². The SMILES string of the molecule is CC(C)c1cc(C2CCC(C)(C)CC2)cc(C(C)C)c1-n1c(-c2cccc3c2oc2ccccc23)nc2ccccc21. The molecule has 6 aromatic rings. The monoisotopic (exact) mass is 554 g/mol. The number of para-hydroxylation sites is 4. The second-order valence-corrected chi connectivity index (χ2v) is 13.8. The molecular formula is C39H42N2O. The number of rotatable bonds is 5. The summed E-state index contributed by atoms with van der Waals surface area (Å²) in [6.45, 7) is 14.2. The summed E-state index contributed by atoms with van der Waals surface area (Å²) in [4.78, 5) is 5.31. The number of fused-ring (bicyclic) bond motifs is 4. The lowest BCUT2D eigenvalue weighted by molar-refractivity contribution is 0.224. The first-order chi connectivity index (χ1) is 20.2. The predicted octanol–water partition coefficient (Wildman–Crippen LogP) is 11.5. The third-order valence-electron chi connectivity index (χ3n) is 9.68. The van der Waals surface area contributed by atoms with Crippen LogP contribution in [-0.4, -0.2) is 9.55 Å². The highest BCUT2D eigenvalue weighted by atomic mass is 16.3. The standard InChI is InChI=1S/C39H42N2O/c1-24(2)31-22-27(26-18-20-39(5,6)21-19-26)23-32(25(3)4)36(31)41-34-16-9-8-15-33(34)40-38(41)30-14-11-13-29-28-12-7-10-17-35(28)42-37(29)30/h7-17,22-26H,18-21H2,1-6H3. The molecule has 1 aliphatic carbocycles. The predicted molar refractivity (Wildman–Crippen MR) is 177 cm³/mol. The first kappa shape index (κ1) is 27.0. The summed E-state index contributed by atoms with van der Waals surface area (Å²) in [7, 11) is 0. The number of benzene rings is 4. The van der Waals surface area contributed by atoms with Gasteiger partial charge >= 0.3 is 0 Å². The molecule has 1 saturated carbocycles. The Labute approximate surface area is 249 Å². The molecular weight excluding hydrogens is 512 g/mol. The molecule has 3 heteroatoms. The van der Waals surface area contributed by atoms with Gasteiger partial charge in [0.05, 0.1) is 22.3 Å². The van der Waals surface area contributed by atoms with Gasteiger partial charge in [-0.2, -0.15) is 0 Å². The van der Waals surface area contributed by atoms with Crippen LogP contribution in [0.15, 0.2) is 83.3 Å². The van der Waals surface area contributed by atoms with E-state index < -0.39 is 0 Å². The second-order valence-electron chi connectivity index (χ2n) is 13.8. The number of hydrogen-bond acceptors (Lipinski definition) is 2. The molecule has 2 aromatic heterocycles. The van der Waals surface area contributed by atoms with Crippen LogP contribution in [-0.2, 0) is 0 Å². The van der Waals surface area contributed by atoms with Crippen LogP contribution in [0.4, 0.5) is 0 Å². The molecule has 0 bridgehead atoms. The largest absolute Gasteiger partial charge is 0.455 e. The van der Waals surface area contributed by atoms with Crippen LogP contribution < -0.4 is 0 Å². The van der Waals surface area contributed by atoms with Crippen molar-refractivity contribution in [2.75, 3.05) is 0 Å². The van der Waals surface area contributed by atoms with E-state index in [1.807, 2.05) is 6.07 Å². The molecule has 0 atom stereocenters. The number of nitrogens with zero attached hydrogens (tertiary/aromatic N) is 2. The van der Waals surface area contributed by atoms with E-state index in [-0.39, 0.29) is 0 Å². The van der Waals surface area contributed by atoms with Crippen LogP contribution >= 0.6 is 0 Å². The van der Waals surface area contributed by atoms with Gasteiger partial charge < -0.3 is 4.42 Å². The van der Waals surface area contributed by atoms with Gasteiger partial charge in [-0.1, -0.05) is 96.1 Å². The van der Waals surface area contributed by atoms with E-state index in [0.29, 0.717) is 23.2 Å². The van der Waals surface area contributed by atoms with Crippen LogP contribution in [0, 0.1) is 5.41 Å². The minimum Gasteiger partial charge on any atom is -0.455 e. The zero-order valence-electron chi connectivity index (χ0n) is 25.9. The van der Waals surface area contributed by atoms with E-state index in [9.17, 15) is 0 Å². The molecule has 214 valence electrons. The third kappa shape index (κ3) is 4.45. The average molecular weight is 555 g/mol. The first-order valence-electron chi connectivity index (χ1n) is 15.8. The number of imidazole rings is 1. The van der Waals surface area contributed by atoms with Crippen molar-refractivity contribution >= 4 is 33.0 Å². The van der Waals surface area contributed by atoms with E-state index in [1.54, 1.807) is 0 Å². The van der Waals surface area contributed by atoms with Crippen LogP contribution in [0.1, 0.15) is 102 Å². The maximum absolute atomic E-state index is 6.54. The van der Waals surface area contributed by atoms with Crippen molar-refractivity contribution in [3.05, 3.63) is 95.6 Å². The minimum absolute atomic E-state index is 0.369. The van der Waals surface area contributed by atoms with E-state index in [4.69, 9.17) is 9.40 Å². The van der Waals surface area contributed by atoms with Crippen LogP contribution in [0.25, 0.3) is 50.0 Å². The van der Waals surface area contributed by atoms with Crippen molar-refractivity contribution in [1.82, 2.24) is 9.55 Å². The molecule has 42 heavy (non-hydrogen) atoms. The molecule has 0 spiro atoms. The smallest absolute Gasteiger partial charge is 0.149 e. The maximum atomic E-state index is 6.54. The molecule has 0 aliphatic heterocycles. The minimum atomic E-state index is 0.369. The molecule has 0 radical (unpaired) electrons. The lowest BCUT2D eigenvalue weighted by Crippen LogP contribution is -2.21. The lowest BCUT2D eigenvalue weighted by Gasteiger charge is -2.35. The Kier molecular flexibility index (Phi) is 6.53. The molecule has 1 aliphatic rings. The van der Waals surface area contributed by atoms with Gasteiger partial charge in [0.15, 0.2) is 0 Å². The molecule has 0 amide bonds. The Morgan fingerprint density at radius 3 is 2.14 bits per heavy atom. The summed E-state index contributed by atoms with van der Waals surface area (Å²) in [6, 6.07) is 28.5. The fraction of sp³-hybridized carbons (Fsp3) is 0.359. The van der Waals surface area contributed by atoms with Crippen molar-refractivity contribution in [2.24, 2.45) is 5.41 Å². The van der Waals surface area contributed by atoms with Crippen molar-refractivity contribution in [3.63, 3.8) is 0 Å². The van der Waals surface area contributed by atoms with Crippen molar-refractivity contribution in [3.8, 4) is 17.1 Å². The van der Waals surface area contributed by atoms with Gasteiger partial charge in [-0.25, -0.2) is 4.98 Å². The van der Waals surface area contributed by atoms with Crippen molar-refractivity contribution < 1.29 is 4.42 Å². The highest BCUT2D eigenvalue weighted by Crippen LogP contribution is 2.46. The van der Waals surface area contributed by atoms with E-state index in [0.717, 1.165) is 44.4 Å². The normalized spacial score (nSPS) is 16.0. The molecule has 3 nitrogen and oxygen atoms in total. The van der Waals surface area contributed by atoms with E-state index in [2.05, 4.69) is 119 Å². The number of furan rings is 1. The lowest BCUT2D eigenvalue weighted by atomic mass is 9.70. The van der Waals surface area contributed by atoms with Gasteiger partial charge in [0.2, 0.25) is 0 Å². The van der Waals surface area contributed by atoms with Gasteiger partial charge in [-0.05, 0) is 89.8 Å². The van der Waals surface area contributed by atoms with Crippen molar-refractivity contribution in [1.29, 1.82) is 0 Å². The Bertz CT molecular complexity index is 1890. The van der Waals surface area contributed by atoms with Gasteiger partial charge in [0.1, 0.15) is 17.0 Å². The maximum Gasteiger partial charge on any atom is 0.149 e. The Morgan fingerprint density at radius 2 is 1.43 bits per heavy atom. The Hall–Kier alpha value is -3.85. The average Bonchev–Trinajstić information content (AvgIpc) is 3.55. The molecule has 0 unspecified atom stereocenters. The number of aromatic nitrogens is 2. The molecule has 0 N–H and O–H groups in total. The topological polar surface area (TPSA) is 31.0 Å². The molecule has 1 fully saturated rings. The molecule has 2 heterocycles. The first-order valence-corrected chi connectivity index (χ1v) is 15.8. The molecule has 0 saturated heterocycles. The summed E-state index contributed by atoms with van der Waals surface area (Å²) < 4.78 is 8.98. The summed E-state index contributed by atoms with van der Waals surface area (Å²) in [5.41, 5.74) is 11.1. The zero-order chi connectivity index (χ0) is 29.2. The fourth-order valence-corrected chi connectivity index (χ4v) is 7.17. The van der Waals surface area contributed by atoms with Crippen molar-refractivity contribution in [2.45, 2.75) is 85.0 Å². The summed E-state index contributed by atoms with van der Waals surface area (Å²) in [6.07, 6.45) is 5.14. The summed E-state index contributed by atoms with van der Waals surface area (Å²) in [5, 5.41) is 2.27. The third-order valence-corrected chi connectivity index (χ3v) is 9.68. The molecule has 7 rings (SSSR count). The fourth-order valence-electron chi connectivity index (χ4n) is 7.17. The van der Waals surface area contributed by atoms with E-state index in [1.165, 1.54) is 48.1 Å². The van der Waals surface area contributed by atoms with Gasteiger partial charge in [-0.3, -0.25) is 4.57 Å². The quantitative estimate of drug-likeness (QED) is 0.212. The van der Waals surface area contributed by atoms with Gasteiger partial charge in [-0.15, -0.1) is 0 Å². The highest BCUT2D eigenvalue weighted by Gasteiger charge is 2.30. The Morgan fingerprint density at radius 1 is 0.786 bits per heavy atom. The van der Waals surface area contributed by atoms with Crippen LogP contribution in [0.3, 0.4) is 0 Å². The highest BCUT2D eigenvalue weighted by molar-refractivity contribution is 6.09. The second kappa shape index (κ2) is 10.2. The van der Waals surface area contributed by atoms with E-state index >= 15 is 0 Å². The van der Waals surface area contributed by atoms with Crippen LogP contribution in [0.2, 0.25) is 0 Å². The van der Waals surface area contributed by atoms with Crippen LogP contribution in [0.5, 0.6) is 0 Å². The number of hydrogen-bond donors (Lipinski definition) is 0. The van der Waals surface area contributed by atoms with Gasteiger partial charge in [0, 0.05) is 10.8 Å². The zero-order valence-corrected chi connectivity index (χ0v) is 25.9. The summed E-state index contributed by atoms with van der Waals surface area (Å²) in [5.74, 6) is 2.31.